The van der Waals surface area contributed by atoms with Crippen LogP contribution < -0.4 is 0 Å². The standard InChI is InChI=1S/C21H20O4/c1-12(22)18-7-5-16(10-20(18)14(3)24)9-17-6-8-19(13(2)23)21(11-17)15(4)25/h5-8,10-11H,9H2,1-4H3. The molecule has 128 valence electrons. The third kappa shape index (κ3) is 4.15. The second-order valence-corrected chi connectivity index (χ2v) is 6.16. The van der Waals surface area contributed by atoms with Crippen molar-refractivity contribution < 1.29 is 19.2 Å². The summed E-state index contributed by atoms with van der Waals surface area (Å²) in [5.41, 5.74) is 3.34. The zero-order chi connectivity index (χ0) is 18.7. The van der Waals surface area contributed by atoms with Crippen LogP contribution in [0.4, 0.5) is 0 Å². The Bertz CT molecular complexity index is 817. The summed E-state index contributed by atoms with van der Waals surface area (Å²) in [6.07, 6.45) is 0.497. The molecular formula is C21H20O4. The molecule has 0 aromatic heterocycles. The van der Waals surface area contributed by atoms with Crippen molar-refractivity contribution in [3.63, 3.8) is 0 Å². The summed E-state index contributed by atoms with van der Waals surface area (Å²) in [5.74, 6) is -0.630. The molecular weight excluding hydrogens is 316 g/mol. The van der Waals surface area contributed by atoms with E-state index in [2.05, 4.69) is 0 Å². The van der Waals surface area contributed by atoms with Gasteiger partial charge in [-0.05, 0) is 57.4 Å². The van der Waals surface area contributed by atoms with Crippen molar-refractivity contribution in [3.8, 4) is 0 Å². The number of ketones is 4. The minimum Gasteiger partial charge on any atom is -0.294 e. The van der Waals surface area contributed by atoms with Crippen molar-refractivity contribution in [1.29, 1.82) is 0 Å². The first-order valence-electron chi connectivity index (χ1n) is 8.00. The maximum atomic E-state index is 11.8. The van der Waals surface area contributed by atoms with E-state index in [-0.39, 0.29) is 23.1 Å². The average molecular weight is 336 g/mol. The number of Topliss-reactive ketones (excluding diaryl/α,β-unsaturated/α-hetero) is 4. The molecule has 0 amide bonds. The fraction of sp³-hybridized carbons (Fsp3) is 0.238. The molecule has 0 spiro atoms. The van der Waals surface area contributed by atoms with Crippen molar-refractivity contribution in [2.75, 3.05) is 0 Å². The van der Waals surface area contributed by atoms with Crippen molar-refractivity contribution in [2.45, 2.75) is 34.1 Å². The Morgan fingerprint density at radius 3 is 1.16 bits per heavy atom. The molecule has 0 bridgehead atoms. The lowest BCUT2D eigenvalue weighted by Gasteiger charge is -2.10. The monoisotopic (exact) mass is 336 g/mol. The Balaban J connectivity index is 2.43. The highest BCUT2D eigenvalue weighted by Crippen LogP contribution is 2.20. The van der Waals surface area contributed by atoms with Gasteiger partial charge >= 0.3 is 0 Å². The molecule has 0 unspecified atom stereocenters. The number of hydrogen-bond acceptors (Lipinski definition) is 4. The molecule has 0 fully saturated rings. The first-order valence-corrected chi connectivity index (χ1v) is 8.00. The van der Waals surface area contributed by atoms with Gasteiger partial charge in [0.25, 0.3) is 0 Å². The fourth-order valence-corrected chi connectivity index (χ4v) is 2.83. The summed E-state index contributed by atoms with van der Waals surface area (Å²) in [6.45, 7) is 5.73. The Labute approximate surface area is 146 Å². The maximum absolute atomic E-state index is 11.8. The molecule has 0 saturated heterocycles. The lowest BCUT2D eigenvalue weighted by Crippen LogP contribution is -2.07. The number of carbonyl (C=O) groups is 4. The van der Waals surface area contributed by atoms with Gasteiger partial charge < -0.3 is 0 Å². The largest absolute Gasteiger partial charge is 0.294 e. The van der Waals surface area contributed by atoms with E-state index in [1.165, 1.54) is 27.7 Å². The average Bonchev–Trinajstić information content (AvgIpc) is 2.54. The van der Waals surface area contributed by atoms with Crippen molar-refractivity contribution in [2.24, 2.45) is 0 Å². The van der Waals surface area contributed by atoms with Gasteiger partial charge in [-0.25, -0.2) is 0 Å². The quantitative estimate of drug-likeness (QED) is 0.745. The van der Waals surface area contributed by atoms with Crippen molar-refractivity contribution >= 4 is 23.1 Å². The van der Waals surface area contributed by atoms with E-state index in [1.807, 2.05) is 0 Å². The highest BCUT2D eigenvalue weighted by molar-refractivity contribution is 6.08. The van der Waals surface area contributed by atoms with Gasteiger partial charge in [0, 0.05) is 22.3 Å². The molecule has 25 heavy (non-hydrogen) atoms. The van der Waals surface area contributed by atoms with Crippen molar-refractivity contribution in [3.05, 3.63) is 69.8 Å². The topological polar surface area (TPSA) is 68.3 Å². The molecule has 0 aliphatic rings. The normalized spacial score (nSPS) is 10.4. The zero-order valence-corrected chi connectivity index (χ0v) is 14.8. The first-order chi connectivity index (χ1) is 11.7. The number of benzene rings is 2. The van der Waals surface area contributed by atoms with Gasteiger partial charge in [0.15, 0.2) is 23.1 Å². The van der Waals surface area contributed by atoms with Crippen molar-refractivity contribution in [1.82, 2.24) is 0 Å². The third-order valence-corrected chi connectivity index (χ3v) is 4.09. The van der Waals surface area contributed by atoms with Crippen LogP contribution in [-0.2, 0) is 6.42 Å². The van der Waals surface area contributed by atoms with Crippen LogP contribution in [0.15, 0.2) is 36.4 Å². The van der Waals surface area contributed by atoms with Gasteiger partial charge in [-0.2, -0.15) is 0 Å². The molecule has 2 rings (SSSR count). The van der Waals surface area contributed by atoms with Crippen LogP contribution in [0.2, 0.25) is 0 Å². The highest BCUT2D eigenvalue weighted by Gasteiger charge is 2.14. The Morgan fingerprint density at radius 1 is 0.560 bits per heavy atom. The van der Waals surface area contributed by atoms with E-state index in [1.54, 1.807) is 36.4 Å². The molecule has 0 heterocycles. The van der Waals surface area contributed by atoms with E-state index in [9.17, 15) is 19.2 Å². The Kier molecular flexibility index (Phi) is 5.42. The molecule has 0 radical (unpaired) electrons. The lowest BCUT2D eigenvalue weighted by atomic mass is 9.93. The predicted molar refractivity (Wildman–Crippen MR) is 95.7 cm³/mol. The smallest absolute Gasteiger partial charge is 0.160 e. The summed E-state index contributed by atoms with van der Waals surface area (Å²) in [4.78, 5) is 46.9. The van der Waals surface area contributed by atoms with Crippen LogP contribution in [0, 0.1) is 0 Å². The molecule has 0 saturated carbocycles. The fourth-order valence-electron chi connectivity index (χ4n) is 2.83. The van der Waals surface area contributed by atoms with Crippen LogP contribution >= 0.6 is 0 Å². The molecule has 0 aliphatic carbocycles. The van der Waals surface area contributed by atoms with E-state index >= 15 is 0 Å². The SMILES string of the molecule is CC(=O)c1ccc(Cc2ccc(C(C)=O)c(C(C)=O)c2)cc1C(C)=O. The van der Waals surface area contributed by atoms with Crippen LogP contribution in [0.1, 0.15) is 80.3 Å². The van der Waals surface area contributed by atoms with E-state index < -0.39 is 0 Å². The molecule has 0 atom stereocenters. The number of rotatable bonds is 6. The molecule has 0 aliphatic heterocycles. The summed E-state index contributed by atoms with van der Waals surface area (Å²) in [6, 6.07) is 10.3. The van der Waals surface area contributed by atoms with Crippen LogP contribution in [-0.4, -0.2) is 23.1 Å². The van der Waals surface area contributed by atoms with Crippen LogP contribution in [0.5, 0.6) is 0 Å². The molecule has 2 aromatic rings. The van der Waals surface area contributed by atoms with E-state index in [4.69, 9.17) is 0 Å². The molecule has 0 N–H and O–H groups in total. The zero-order valence-electron chi connectivity index (χ0n) is 14.8. The van der Waals surface area contributed by atoms with Crippen LogP contribution in [0.3, 0.4) is 0 Å². The van der Waals surface area contributed by atoms with Gasteiger partial charge in [-0.15, -0.1) is 0 Å². The highest BCUT2D eigenvalue weighted by atomic mass is 16.1. The van der Waals surface area contributed by atoms with Gasteiger partial charge in [-0.3, -0.25) is 19.2 Å². The predicted octanol–water partition coefficient (Wildman–Crippen LogP) is 4.09. The lowest BCUT2D eigenvalue weighted by molar-refractivity contribution is 0.0980. The minimum absolute atomic E-state index is 0.151. The summed E-state index contributed by atoms with van der Waals surface area (Å²) in [7, 11) is 0. The van der Waals surface area contributed by atoms with E-state index in [0.29, 0.717) is 28.7 Å². The maximum Gasteiger partial charge on any atom is 0.160 e. The summed E-state index contributed by atoms with van der Waals surface area (Å²) >= 11 is 0. The number of carbonyl (C=O) groups excluding carboxylic acids is 4. The van der Waals surface area contributed by atoms with Gasteiger partial charge in [-0.1, -0.05) is 24.3 Å². The second-order valence-electron chi connectivity index (χ2n) is 6.16. The number of hydrogen-bond donors (Lipinski definition) is 0. The third-order valence-electron chi connectivity index (χ3n) is 4.09. The van der Waals surface area contributed by atoms with E-state index in [0.717, 1.165) is 11.1 Å². The minimum atomic E-state index is -0.164. The first kappa shape index (κ1) is 18.5. The Hall–Kier alpha value is -2.88. The Morgan fingerprint density at radius 2 is 0.880 bits per heavy atom. The van der Waals surface area contributed by atoms with Gasteiger partial charge in [0.2, 0.25) is 0 Å². The second kappa shape index (κ2) is 7.34. The van der Waals surface area contributed by atoms with Crippen LogP contribution in [0.25, 0.3) is 0 Å². The van der Waals surface area contributed by atoms with Gasteiger partial charge in [0.05, 0.1) is 0 Å². The molecule has 4 heteroatoms. The van der Waals surface area contributed by atoms with Gasteiger partial charge in [0.1, 0.15) is 0 Å². The summed E-state index contributed by atoms with van der Waals surface area (Å²) < 4.78 is 0. The summed E-state index contributed by atoms with van der Waals surface area (Å²) in [5, 5.41) is 0. The molecule has 2 aromatic carbocycles. The molecule has 4 nitrogen and oxygen atoms in total.